The van der Waals surface area contributed by atoms with Crippen molar-refractivity contribution >= 4 is 5.91 Å². The monoisotopic (exact) mass is 338 g/mol. The van der Waals surface area contributed by atoms with Crippen LogP contribution in [0, 0.1) is 11.3 Å². The Hall–Kier alpha value is -2.62. The van der Waals surface area contributed by atoms with E-state index < -0.39 is 6.10 Å². The molecule has 1 fully saturated rings. The maximum Gasteiger partial charge on any atom is 0.270 e. The van der Waals surface area contributed by atoms with Gasteiger partial charge in [0, 0.05) is 38.9 Å². The Kier molecular flexibility index (Phi) is 5.49. The van der Waals surface area contributed by atoms with E-state index in [4.69, 9.17) is 5.26 Å². The van der Waals surface area contributed by atoms with E-state index in [1.54, 1.807) is 36.5 Å². The minimum Gasteiger partial charge on any atom is -0.387 e. The van der Waals surface area contributed by atoms with Crippen LogP contribution in [-0.4, -0.2) is 58.5 Å². The molecular weight excluding hydrogens is 316 g/mol. The van der Waals surface area contributed by atoms with Gasteiger partial charge in [0.25, 0.3) is 5.91 Å². The summed E-state index contributed by atoms with van der Waals surface area (Å²) in [5.41, 5.74) is 2.01. The third-order valence-electron chi connectivity index (χ3n) is 4.56. The zero-order valence-electron chi connectivity index (χ0n) is 14.1. The van der Waals surface area contributed by atoms with Crippen molar-refractivity contribution in [2.24, 2.45) is 0 Å². The molecule has 1 aromatic heterocycles. The van der Waals surface area contributed by atoms with E-state index in [-0.39, 0.29) is 5.91 Å². The molecule has 130 valence electrons. The van der Waals surface area contributed by atoms with Gasteiger partial charge < -0.3 is 15.0 Å². The molecule has 1 aliphatic rings. The van der Waals surface area contributed by atoms with Crippen LogP contribution < -0.4 is 0 Å². The molecule has 0 radical (unpaired) electrons. The van der Waals surface area contributed by atoms with Gasteiger partial charge in [0.15, 0.2) is 0 Å². The Balaban J connectivity index is 1.55. The first-order chi connectivity index (χ1) is 12.2. The third-order valence-corrected chi connectivity index (χ3v) is 4.56. The number of nitrogens with zero attached hydrogens (tertiary/aromatic N) is 3. The number of aliphatic hydroxyl groups is 1. The van der Waals surface area contributed by atoms with Crippen LogP contribution in [0.1, 0.15) is 34.1 Å². The second-order valence-corrected chi connectivity index (χ2v) is 6.28. The van der Waals surface area contributed by atoms with E-state index >= 15 is 0 Å². The number of rotatable bonds is 4. The van der Waals surface area contributed by atoms with E-state index in [2.05, 4.69) is 16.0 Å². The fourth-order valence-electron chi connectivity index (χ4n) is 3.12. The summed E-state index contributed by atoms with van der Waals surface area (Å²) in [5.74, 6) is 0.0273. The van der Waals surface area contributed by atoms with Gasteiger partial charge in [-0.1, -0.05) is 12.1 Å². The van der Waals surface area contributed by atoms with Crippen LogP contribution in [0.15, 0.2) is 42.6 Å². The van der Waals surface area contributed by atoms with E-state index in [9.17, 15) is 9.90 Å². The van der Waals surface area contributed by atoms with Gasteiger partial charge in [0.2, 0.25) is 0 Å². The predicted octanol–water partition coefficient (Wildman–Crippen LogP) is 1.77. The molecule has 1 unspecified atom stereocenters. The van der Waals surface area contributed by atoms with Crippen molar-refractivity contribution in [1.82, 2.24) is 14.8 Å². The van der Waals surface area contributed by atoms with Gasteiger partial charge in [-0.2, -0.15) is 5.26 Å². The van der Waals surface area contributed by atoms with E-state index in [0.29, 0.717) is 24.3 Å². The quantitative estimate of drug-likeness (QED) is 0.890. The summed E-state index contributed by atoms with van der Waals surface area (Å²) in [6, 6.07) is 12.7. The second-order valence-electron chi connectivity index (χ2n) is 6.28. The fourth-order valence-corrected chi connectivity index (χ4v) is 3.12. The lowest BCUT2D eigenvalue weighted by Gasteiger charge is -2.24. The minimum absolute atomic E-state index is 0.0273. The van der Waals surface area contributed by atoms with Crippen LogP contribution in [0.4, 0.5) is 0 Å². The number of hydrogen-bond acceptors (Lipinski definition) is 4. The number of β-amino-alcohol motifs (C(OH)–C–C–N with tert-alkyl or cyclic N) is 1. The summed E-state index contributed by atoms with van der Waals surface area (Å²) < 4.78 is 0. The minimum atomic E-state index is -0.599. The third kappa shape index (κ3) is 4.27. The van der Waals surface area contributed by atoms with Crippen molar-refractivity contribution in [1.29, 1.82) is 5.26 Å². The molecule has 1 amide bonds. The lowest BCUT2D eigenvalue weighted by Crippen LogP contribution is -2.36. The standard InChI is InChI=1S/C19H22N4O2/c20-13-15-4-6-16(7-5-15)18(24)14-22-9-2-10-23(12-11-22)19(25)17-3-1-8-21-17/h1,3-8,18,21,24H,2,9-12,14H2. The molecule has 0 saturated carbocycles. The molecule has 1 atom stereocenters. The molecule has 25 heavy (non-hydrogen) atoms. The lowest BCUT2D eigenvalue weighted by molar-refractivity contribution is 0.0749. The molecule has 2 aromatic rings. The SMILES string of the molecule is N#Cc1ccc(C(O)CN2CCCN(C(=O)c3ccc[nH]3)CC2)cc1. The zero-order valence-corrected chi connectivity index (χ0v) is 14.1. The highest BCUT2D eigenvalue weighted by atomic mass is 16.3. The highest BCUT2D eigenvalue weighted by Gasteiger charge is 2.22. The number of aromatic nitrogens is 1. The predicted molar refractivity (Wildman–Crippen MR) is 93.9 cm³/mol. The summed E-state index contributed by atoms with van der Waals surface area (Å²) in [7, 11) is 0. The van der Waals surface area contributed by atoms with Crippen molar-refractivity contribution < 1.29 is 9.90 Å². The Morgan fingerprint density at radius 3 is 2.68 bits per heavy atom. The van der Waals surface area contributed by atoms with Crippen LogP contribution in [0.2, 0.25) is 0 Å². The Bertz CT molecular complexity index is 734. The van der Waals surface area contributed by atoms with Gasteiger partial charge in [0.1, 0.15) is 5.69 Å². The van der Waals surface area contributed by atoms with Gasteiger partial charge in [0.05, 0.1) is 17.7 Å². The van der Waals surface area contributed by atoms with Crippen molar-refractivity contribution in [2.75, 3.05) is 32.7 Å². The van der Waals surface area contributed by atoms with Crippen molar-refractivity contribution in [3.63, 3.8) is 0 Å². The van der Waals surface area contributed by atoms with Crippen LogP contribution in [0.25, 0.3) is 0 Å². The van der Waals surface area contributed by atoms with E-state index in [0.717, 1.165) is 31.6 Å². The summed E-state index contributed by atoms with van der Waals surface area (Å²) >= 11 is 0. The largest absolute Gasteiger partial charge is 0.387 e. The number of amides is 1. The molecule has 0 spiro atoms. The van der Waals surface area contributed by atoms with Crippen molar-refractivity contribution in [3.8, 4) is 6.07 Å². The number of carbonyl (C=O) groups is 1. The van der Waals surface area contributed by atoms with E-state index in [1.807, 2.05) is 11.0 Å². The van der Waals surface area contributed by atoms with Crippen molar-refractivity contribution in [3.05, 3.63) is 59.4 Å². The maximum atomic E-state index is 12.4. The molecule has 1 aromatic carbocycles. The van der Waals surface area contributed by atoms with Gasteiger partial charge in [-0.25, -0.2) is 0 Å². The first-order valence-corrected chi connectivity index (χ1v) is 8.50. The molecule has 0 aliphatic carbocycles. The number of hydrogen-bond donors (Lipinski definition) is 2. The number of carbonyl (C=O) groups excluding carboxylic acids is 1. The summed E-state index contributed by atoms with van der Waals surface area (Å²) in [5, 5.41) is 19.3. The molecule has 1 aliphatic heterocycles. The summed E-state index contributed by atoms with van der Waals surface area (Å²) in [6.45, 7) is 3.48. The number of aliphatic hydroxyl groups excluding tert-OH is 1. The van der Waals surface area contributed by atoms with Gasteiger partial charge in [-0.15, -0.1) is 0 Å². The number of nitrogens with one attached hydrogen (secondary N) is 1. The molecule has 1 saturated heterocycles. The average Bonchev–Trinajstić information content (AvgIpc) is 3.08. The first kappa shape index (κ1) is 17.2. The lowest BCUT2D eigenvalue weighted by atomic mass is 10.1. The summed E-state index contributed by atoms with van der Waals surface area (Å²) in [6.07, 6.45) is 2.04. The Morgan fingerprint density at radius 1 is 1.20 bits per heavy atom. The Labute approximate surface area is 147 Å². The van der Waals surface area contributed by atoms with Gasteiger partial charge in [-0.3, -0.25) is 9.69 Å². The molecule has 6 heteroatoms. The van der Waals surface area contributed by atoms with Crippen LogP contribution >= 0.6 is 0 Å². The maximum absolute atomic E-state index is 12.4. The number of H-pyrrole nitrogens is 1. The van der Waals surface area contributed by atoms with Crippen LogP contribution in [0.5, 0.6) is 0 Å². The molecule has 2 N–H and O–H groups in total. The molecule has 3 rings (SSSR count). The smallest absolute Gasteiger partial charge is 0.270 e. The van der Waals surface area contributed by atoms with Gasteiger partial charge >= 0.3 is 0 Å². The summed E-state index contributed by atoms with van der Waals surface area (Å²) in [4.78, 5) is 19.4. The Morgan fingerprint density at radius 2 is 2.00 bits per heavy atom. The first-order valence-electron chi connectivity index (χ1n) is 8.50. The fraction of sp³-hybridized carbons (Fsp3) is 0.368. The van der Waals surface area contributed by atoms with Gasteiger partial charge in [-0.05, 0) is 36.2 Å². The topological polar surface area (TPSA) is 83.4 Å². The number of benzene rings is 1. The molecule has 2 heterocycles. The highest BCUT2D eigenvalue weighted by molar-refractivity contribution is 5.92. The van der Waals surface area contributed by atoms with Crippen LogP contribution in [0.3, 0.4) is 0 Å². The zero-order chi connectivity index (χ0) is 17.6. The number of nitriles is 1. The van der Waals surface area contributed by atoms with Crippen LogP contribution in [-0.2, 0) is 0 Å². The molecular formula is C19H22N4O2. The highest BCUT2D eigenvalue weighted by Crippen LogP contribution is 2.17. The molecule has 0 bridgehead atoms. The van der Waals surface area contributed by atoms with Crippen molar-refractivity contribution in [2.45, 2.75) is 12.5 Å². The second kappa shape index (κ2) is 7.97. The molecule has 6 nitrogen and oxygen atoms in total. The average molecular weight is 338 g/mol. The normalized spacial score (nSPS) is 16.9. The number of aromatic amines is 1. The van der Waals surface area contributed by atoms with E-state index in [1.165, 1.54) is 0 Å².